The van der Waals surface area contributed by atoms with Crippen LogP contribution in [0, 0.1) is 5.92 Å². The van der Waals surface area contributed by atoms with Crippen LogP contribution in [0.15, 0.2) is 11.6 Å². The smallest absolute Gasteiger partial charge is 0.0713 e. The highest BCUT2D eigenvalue weighted by Crippen LogP contribution is 2.23. The molecule has 0 radical (unpaired) electrons. The summed E-state index contributed by atoms with van der Waals surface area (Å²) in [4.78, 5) is 5.14. The molecule has 0 bridgehead atoms. The van der Waals surface area contributed by atoms with Gasteiger partial charge in [0.2, 0.25) is 0 Å². The summed E-state index contributed by atoms with van der Waals surface area (Å²) in [5, 5.41) is 0. The molecule has 0 aromatic rings. The minimum atomic E-state index is 0.729. The molecule has 0 aromatic carbocycles. The van der Waals surface area contributed by atoms with E-state index in [1.54, 1.807) is 0 Å². The van der Waals surface area contributed by atoms with Gasteiger partial charge in [-0.2, -0.15) is 0 Å². The lowest BCUT2D eigenvalue weighted by atomic mass is 9.90. The van der Waals surface area contributed by atoms with Crippen molar-refractivity contribution < 1.29 is 4.84 Å². The molecule has 2 nitrogen and oxygen atoms in total. The van der Waals surface area contributed by atoms with Gasteiger partial charge in [-0.1, -0.05) is 11.6 Å². The molecule has 1 aliphatic carbocycles. The van der Waals surface area contributed by atoms with Crippen LogP contribution in [0.4, 0.5) is 0 Å². The first-order chi connectivity index (χ1) is 5.33. The van der Waals surface area contributed by atoms with E-state index >= 15 is 0 Å². The third-order valence-corrected chi connectivity index (χ3v) is 2.14. The molecule has 11 heavy (non-hydrogen) atoms. The molecule has 64 valence electrons. The van der Waals surface area contributed by atoms with Crippen molar-refractivity contribution in [2.75, 3.05) is 13.7 Å². The van der Waals surface area contributed by atoms with Crippen LogP contribution < -0.4 is 5.48 Å². The van der Waals surface area contributed by atoms with Gasteiger partial charge in [-0.15, -0.1) is 0 Å². The normalized spacial score (nSPS) is 24.9. The van der Waals surface area contributed by atoms with Crippen molar-refractivity contribution in [3.63, 3.8) is 0 Å². The van der Waals surface area contributed by atoms with Crippen LogP contribution in [0.25, 0.3) is 0 Å². The standard InChI is InChI=1S/C9H17NO/c1-8-4-3-5-9(6-8)7-11-10-2/h4,9-10H,3,5-7H2,1-2H3/t9-/m0/s1. The van der Waals surface area contributed by atoms with Crippen LogP contribution in [-0.4, -0.2) is 13.7 Å². The summed E-state index contributed by atoms with van der Waals surface area (Å²) in [5.74, 6) is 0.729. The molecule has 0 unspecified atom stereocenters. The van der Waals surface area contributed by atoms with E-state index in [0.717, 1.165) is 12.5 Å². The second-order valence-electron chi connectivity index (χ2n) is 3.21. The quantitative estimate of drug-likeness (QED) is 0.496. The van der Waals surface area contributed by atoms with Crippen LogP contribution in [0.2, 0.25) is 0 Å². The van der Waals surface area contributed by atoms with E-state index in [4.69, 9.17) is 4.84 Å². The Morgan fingerprint density at radius 1 is 1.73 bits per heavy atom. The van der Waals surface area contributed by atoms with Crippen molar-refractivity contribution in [3.05, 3.63) is 11.6 Å². The average molecular weight is 155 g/mol. The fourth-order valence-corrected chi connectivity index (χ4v) is 1.55. The van der Waals surface area contributed by atoms with E-state index in [-0.39, 0.29) is 0 Å². The van der Waals surface area contributed by atoms with Crippen molar-refractivity contribution in [3.8, 4) is 0 Å². The van der Waals surface area contributed by atoms with Crippen molar-refractivity contribution in [1.29, 1.82) is 0 Å². The van der Waals surface area contributed by atoms with Gasteiger partial charge in [-0.05, 0) is 32.1 Å². The highest BCUT2D eigenvalue weighted by atomic mass is 16.6. The third-order valence-electron chi connectivity index (χ3n) is 2.14. The fourth-order valence-electron chi connectivity index (χ4n) is 1.55. The number of nitrogens with one attached hydrogen (secondary N) is 1. The molecule has 1 rings (SSSR count). The van der Waals surface area contributed by atoms with Gasteiger partial charge >= 0.3 is 0 Å². The summed E-state index contributed by atoms with van der Waals surface area (Å²) in [6, 6.07) is 0. The molecular weight excluding hydrogens is 138 g/mol. The SMILES string of the molecule is CNOC[C@H]1CCC=C(C)C1. The topological polar surface area (TPSA) is 21.3 Å². The minimum Gasteiger partial charge on any atom is -0.302 e. The number of hydrogen-bond acceptors (Lipinski definition) is 2. The summed E-state index contributed by atoms with van der Waals surface area (Å²) in [7, 11) is 1.81. The molecule has 0 amide bonds. The molecule has 0 spiro atoms. The number of rotatable bonds is 3. The molecule has 1 N–H and O–H groups in total. The maximum absolute atomic E-state index is 5.14. The van der Waals surface area contributed by atoms with Crippen molar-refractivity contribution in [2.24, 2.45) is 5.92 Å². The first-order valence-electron chi connectivity index (χ1n) is 4.27. The van der Waals surface area contributed by atoms with Crippen molar-refractivity contribution >= 4 is 0 Å². The van der Waals surface area contributed by atoms with Gasteiger partial charge in [0.15, 0.2) is 0 Å². The second kappa shape index (κ2) is 4.52. The molecule has 2 heteroatoms. The first-order valence-corrected chi connectivity index (χ1v) is 4.27. The molecule has 1 atom stereocenters. The molecule has 0 aromatic heterocycles. The monoisotopic (exact) mass is 155 g/mol. The molecule has 0 aliphatic heterocycles. The van der Waals surface area contributed by atoms with E-state index in [0.29, 0.717) is 0 Å². The van der Waals surface area contributed by atoms with Gasteiger partial charge in [0.25, 0.3) is 0 Å². The van der Waals surface area contributed by atoms with Crippen LogP contribution in [0.5, 0.6) is 0 Å². The zero-order valence-corrected chi connectivity index (χ0v) is 7.39. The lowest BCUT2D eigenvalue weighted by Gasteiger charge is -2.20. The highest BCUT2D eigenvalue weighted by Gasteiger charge is 2.12. The van der Waals surface area contributed by atoms with Crippen LogP contribution >= 0.6 is 0 Å². The zero-order valence-electron chi connectivity index (χ0n) is 7.39. The van der Waals surface area contributed by atoms with Gasteiger partial charge in [-0.25, -0.2) is 5.48 Å². The minimum absolute atomic E-state index is 0.729. The molecule has 0 fully saturated rings. The molecule has 0 saturated carbocycles. The molecular formula is C9H17NO. The summed E-state index contributed by atoms with van der Waals surface area (Å²) in [6.07, 6.45) is 6.04. The Balaban J connectivity index is 2.21. The summed E-state index contributed by atoms with van der Waals surface area (Å²) >= 11 is 0. The first kappa shape index (κ1) is 8.75. The van der Waals surface area contributed by atoms with E-state index in [2.05, 4.69) is 18.5 Å². The number of hydrogen-bond donors (Lipinski definition) is 1. The van der Waals surface area contributed by atoms with Gasteiger partial charge in [0.05, 0.1) is 6.61 Å². The van der Waals surface area contributed by atoms with Crippen LogP contribution in [-0.2, 0) is 4.84 Å². The Morgan fingerprint density at radius 3 is 3.18 bits per heavy atom. The van der Waals surface area contributed by atoms with Crippen LogP contribution in [0.1, 0.15) is 26.2 Å². The summed E-state index contributed by atoms with van der Waals surface area (Å²) in [6.45, 7) is 3.05. The number of hydroxylamine groups is 1. The van der Waals surface area contributed by atoms with Crippen LogP contribution in [0.3, 0.4) is 0 Å². The predicted molar refractivity (Wildman–Crippen MR) is 46.1 cm³/mol. The van der Waals surface area contributed by atoms with E-state index in [9.17, 15) is 0 Å². The second-order valence-corrected chi connectivity index (χ2v) is 3.21. The van der Waals surface area contributed by atoms with Gasteiger partial charge in [0, 0.05) is 7.05 Å². The molecule has 1 aliphatic rings. The van der Waals surface area contributed by atoms with E-state index < -0.39 is 0 Å². The maximum atomic E-state index is 5.14. The Labute approximate surface area is 68.6 Å². The fraction of sp³-hybridized carbons (Fsp3) is 0.778. The van der Waals surface area contributed by atoms with Gasteiger partial charge < -0.3 is 4.84 Å². The zero-order chi connectivity index (χ0) is 8.10. The van der Waals surface area contributed by atoms with Crippen molar-refractivity contribution in [2.45, 2.75) is 26.2 Å². The summed E-state index contributed by atoms with van der Waals surface area (Å²) < 4.78 is 0. The Morgan fingerprint density at radius 2 is 2.55 bits per heavy atom. The largest absolute Gasteiger partial charge is 0.302 e. The third kappa shape index (κ3) is 3.04. The Kier molecular flexibility index (Phi) is 3.60. The predicted octanol–water partition coefficient (Wildman–Crippen LogP) is 1.88. The number of allylic oxidation sites excluding steroid dienone is 2. The average Bonchev–Trinajstić information content (AvgIpc) is 2.01. The lowest BCUT2D eigenvalue weighted by Crippen LogP contribution is -2.18. The van der Waals surface area contributed by atoms with Gasteiger partial charge in [-0.3, -0.25) is 0 Å². The maximum Gasteiger partial charge on any atom is 0.0713 e. The molecule has 0 saturated heterocycles. The Bertz CT molecular complexity index is 142. The Hall–Kier alpha value is -0.340. The summed E-state index contributed by atoms with van der Waals surface area (Å²) in [5.41, 5.74) is 4.23. The van der Waals surface area contributed by atoms with Crippen molar-refractivity contribution in [1.82, 2.24) is 5.48 Å². The van der Waals surface area contributed by atoms with E-state index in [1.165, 1.54) is 24.8 Å². The van der Waals surface area contributed by atoms with Gasteiger partial charge in [0.1, 0.15) is 0 Å². The highest BCUT2D eigenvalue weighted by molar-refractivity contribution is 5.03. The van der Waals surface area contributed by atoms with E-state index in [1.807, 2.05) is 7.05 Å². The molecule has 0 heterocycles. The lowest BCUT2D eigenvalue weighted by molar-refractivity contribution is 0.0289.